The number of carbonyl (C=O) groups excluding carboxylic acids is 2. The molecule has 0 saturated carbocycles. The predicted molar refractivity (Wildman–Crippen MR) is 89.5 cm³/mol. The van der Waals surface area contributed by atoms with Crippen molar-refractivity contribution in [3.8, 4) is 5.75 Å². The summed E-state index contributed by atoms with van der Waals surface area (Å²) >= 11 is 5.80. The van der Waals surface area contributed by atoms with E-state index < -0.39 is 0 Å². The number of nitrogens with zero attached hydrogens (tertiary/aromatic N) is 1. The van der Waals surface area contributed by atoms with Crippen LogP contribution in [0.2, 0.25) is 5.02 Å². The number of hydrogen-bond acceptors (Lipinski definition) is 3. The number of amides is 2. The van der Waals surface area contributed by atoms with Crippen LogP contribution in [0.25, 0.3) is 0 Å². The Hall–Kier alpha value is -1.75. The van der Waals surface area contributed by atoms with Gasteiger partial charge in [-0.2, -0.15) is 0 Å². The van der Waals surface area contributed by atoms with Crippen molar-refractivity contribution < 1.29 is 14.3 Å². The quantitative estimate of drug-likeness (QED) is 0.811. The molecule has 1 N–H and O–H groups in total. The van der Waals surface area contributed by atoms with Crippen molar-refractivity contribution in [2.75, 3.05) is 19.7 Å². The van der Waals surface area contributed by atoms with Gasteiger partial charge in [0.1, 0.15) is 18.4 Å². The van der Waals surface area contributed by atoms with Crippen LogP contribution in [0.15, 0.2) is 24.3 Å². The van der Waals surface area contributed by atoms with Gasteiger partial charge in [-0.25, -0.2) is 0 Å². The van der Waals surface area contributed by atoms with E-state index in [4.69, 9.17) is 16.3 Å². The summed E-state index contributed by atoms with van der Waals surface area (Å²) in [7, 11) is 0. The predicted octanol–water partition coefficient (Wildman–Crippen LogP) is 2.48. The van der Waals surface area contributed by atoms with Gasteiger partial charge in [-0.15, -0.1) is 0 Å². The third-order valence-corrected chi connectivity index (χ3v) is 4.07. The zero-order chi connectivity index (χ0) is 16.8. The van der Waals surface area contributed by atoms with E-state index in [9.17, 15) is 9.59 Å². The molecule has 1 atom stereocenters. The summed E-state index contributed by atoms with van der Waals surface area (Å²) < 4.78 is 5.53. The molecule has 6 heteroatoms. The van der Waals surface area contributed by atoms with Gasteiger partial charge in [0, 0.05) is 17.5 Å². The van der Waals surface area contributed by atoms with Gasteiger partial charge < -0.3 is 15.0 Å². The highest BCUT2D eigenvalue weighted by Gasteiger charge is 2.34. The molecular formula is C17H23ClN2O3. The van der Waals surface area contributed by atoms with Gasteiger partial charge in [0.05, 0.1) is 6.54 Å². The Bertz CT molecular complexity index is 545. The summed E-state index contributed by atoms with van der Waals surface area (Å²) in [5, 5.41) is 3.50. The molecule has 126 valence electrons. The third kappa shape index (κ3) is 4.86. The topological polar surface area (TPSA) is 58.6 Å². The number of rotatable bonds is 6. The second-order valence-electron chi connectivity index (χ2n) is 5.94. The van der Waals surface area contributed by atoms with Crippen molar-refractivity contribution in [3.63, 3.8) is 0 Å². The summed E-state index contributed by atoms with van der Waals surface area (Å²) in [6.45, 7) is 5.15. The summed E-state index contributed by atoms with van der Waals surface area (Å²) in [4.78, 5) is 26.1. The van der Waals surface area contributed by atoms with E-state index in [1.165, 1.54) is 0 Å². The van der Waals surface area contributed by atoms with Crippen LogP contribution in [0, 0.1) is 5.92 Å². The maximum atomic E-state index is 12.3. The zero-order valence-corrected chi connectivity index (χ0v) is 14.3. The molecule has 23 heavy (non-hydrogen) atoms. The smallest absolute Gasteiger partial charge is 0.242 e. The summed E-state index contributed by atoms with van der Waals surface area (Å²) in [5.41, 5.74) is 0. The minimum Gasteiger partial charge on any atom is -0.492 e. The van der Waals surface area contributed by atoms with E-state index in [2.05, 4.69) is 5.32 Å². The van der Waals surface area contributed by atoms with Crippen LogP contribution in [-0.4, -0.2) is 42.5 Å². The molecule has 0 aliphatic carbocycles. The lowest BCUT2D eigenvalue weighted by Gasteiger charge is -2.25. The molecule has 1 saturated heterocycles. The molecule has 1 aromatic rings. The Morgan fingerprint density at radius 3 is 2.70 bits per heavy atom. The van der Waals surface area contributed by atoms with Crippen LogP contribution < -0.4 is 10.1 Å². The fraction of sp³-hybridized carbons (Fsp3) is 0.529. The largest absolute Gasteiger partial charge is 0.492 e. The lowest BCUT2D eigenvalue weighted by Crippen LogP contribution is -2.47. The second-order valence-corrected chi connectivity index (χ2v) is 6.37. The minimum atomic E-state index is -0.347. The Morgan fingerprint density at radius 2 is 2.04 bits per heavy atom. The number of ether oxygens (including phenoxy) is 1. The zero-order valence-electron chi connectivity index (χ0n) is 13.5. The fourth-order valence-corrected chi connectivity index (χ4v) is 2.75. The lowest BCUT2D eigenvalue weighted by molar-refractivity contribution is -0.140. The first-order chi connectivity index (χ1) is 11.0. The molecule has 0 spiro atoms. The molecule has 0 aromatic heterocycles. The number of carbonyl (C=O) groups is 2. The Labute approximate surface area is 141 Å². The van der Waals surface area contributed by atoms with Crippen LogP contribution in [0.5, 0.6) is 5.75 Å². The molecule has 1 aliphatic rings. The van der Waals surface area contributed by atoms with Gasteiger partial charge >= 0.3 is 0 Å². The number of hydrogen-bond donors (Lipinski definition) is 1. The molecule has 0 radical (unpaired) electrons. The number of halogens is 1. The Balaban J connectivity index is 1.75. The Morgan fingerprint density at radius 1 is 1.35 bits per heavy atom. The van der Waals surface area contributed by atoms with Crippen molar-refractivity contribution in [2.45, 2.75) is 32.7 Å². The molecule has 0 unspecified atom stereocenters. The molecule has 1 heterocycles. The van der Waals surface area contributed by atoms with Gasteiger partial charge in [-0.05, 0) is 37.1 Å². The van der Waals surface area contributed by atoms with Crippen molar-refractivity contribution in [1.29, 1.82) is 0 Å². The van der Waals surface area contributed by atoms with E-state index in [1.807, 2.05) is 13.8 Å². The monoisotopic (exact) mass is 338 g/mol. The molecule has 2 amide bonds. The normalized spacial score (nSPS) is 17.4. The van der Waals surface area contributed by atoms with Gasteiger partial charge in [0.25, 0.3) is 0 Å². The molecule has 0 bridgehead atoms. The van der Waals surface area contributed by atoms with Crippen molar-refractivity contribution in [2.24, 2.45) is 5.92 Å². The van der Waals surface area contributed by atoms with E-state index in [1.54, 1.807) is 29.2 Å². The maximum absolute atomic E-state index is 12.3. The van der Waals surface area contributed by atoms with Gasteiger partial charge in [-0.3, -0.25) is 9.59 Å². The molecular weight excluding hydrogens is 316 g/mol. The highest BCUT2D eigenvalue weighted by Crippen LogP contribution is 2.20. The van der Waals surface area contributed by atoms with E-state index >= 15 is 0 Å². The lowest BCUT2D eigenvalue weighted by atomic mass is 10.1. The van der Waals surface area contributed by atoms with Crippen molar-refractivity contribution >= 4 is 23.4 Å². The first-order valence-corrected chi connectivity index (χ1v) is 8.33. The van der Waals surface area contributed by atoms with Crippen LogP contribution in [0.3, 0.4) is 0 Å². The molecule has 1 aromatic carbocycles. The standard InChI is InChI=1S/C17H23ClN2O3/c1-12(2)17(22)20-10-3-4-15(20)16(21)19-9-11-23-14-7-5-13(18)6-8-14/h5-8,12,15H,3-4,9-11H2,1-2H3,(H,19,21)/t15-/m1/s1. The summed E-state index contributed by atoms with van der Waals surface area (Å²) in [5.74, 6) is 0.564. The van der Waals surface area contributed by atoms with Gasteiger partial charge in [-0.1, -0.05) is 25.4 Å². The van der Waals surface area contributed by atoms with E-state index in [-0.39, 0.29) is 23.8 Å². The highest BCUT2D eigenvalue weighted by molar-refractivity contribution is 6.30. The number of benzene rings is 1. The van der Waals surface area contributed by atoms with E-state index in [0.29, 0.717) is 30.5 Å². The van der Waals surface area contributed by atoms with Crippen LogP contribution in [0.4, 0.5) is 0 Å². The average Bonchev–Trinajstić information content (AvgIpc) is 3.01. The third-order valence-electron chi connectivity index (χ3n) is 3.82. The molecule has 2 rings (SSSR count). The molecule has 1 fully saturated rings. The number of nitrogens with one attached hydrogen (secondary N) is 1. The first kappa shape index (κ1) is 17.6. The first-order valence-electron chi connectivity index (χ1n) is 7.95. The van der Waals surface area contributed by atoms with Gasteiger partial charge in [0.2, 0.25) is 11.8 Å². The van der Waals surface area contributed by atoms with Crippen LogP contribution in [0.1, 0.15) is 26.7 Å². The summed E-state index contributed by atoms with van der Waals surface area (Å²) in [6.07, 6.45) is 1.60. The minimum absolute atomic E-state index is 0.0417. The summed E-state index contributed by atoms with van der Waals surface area (Å²) in [6, 6.07) is 6.72. The maximum Gasteiger partial charge on any atom is 0.242 e. The van der Waals surface area contributed by atoms with Crippen molar-refractivity contribution in [1.82, 2.24) is 10.2 Å². The molecule has 1 aliphatic heterocycles. The second kappa shape index (κ2) is 8.20. The number of likely N-dealkylation sites (tertiary alicyclic amines) is 1. The fourth-order valence-electron chi connectivity index (χ4n) is 2.63. The average molecular weight is 339 g/mol. The van der Waals surface area contributed by atoms with Crippen LogP contribution in [-0.2, 0) is 9.59 Å². The SMILES string of the molecule is CC(C)C(=O)N1CCC[C@@H]1C(=O)NCCOc1ccc(Cl)cc1. The van der Waals surface area contributed by atoms with Crippen LogP contribution >= 0.6 is 11.6 Å². The highest BCUT2D eigenvalue weighted by atomic mass is 35.5. The van der Waals surface area contributed by atoms with E-state index in [0.717, 1.165) is 12.8 Å². The van der Waals surface area contributed by atoms with Crippen molar-refractivity contribution in [3.05, 3.63) is 29.3 Å². The molecule has 5 nitrogen and oxygen atoms in total. The van der Waals surface area contributed by atoms with Gasteiger partial charge in [0.15, 0.2) is 0 Å². The Kier molecular flexibility index (Phi) is 6.28.